The van der Waals surface area contributed by atoms with Gasteiger partial charge in [-0.3, -0.25) is 4.79 Å². The maximum absolute atomic E-state index is 10.3. The van der Waals surface area contributed by atoms with Crippen LogP contribution < -0.4 is 75.1 Å². The second-order valence-electron chi connectivity index (χ2n) is 4.08. The van der Waals surface area contributed by atoms with Gasteiger partial charge in [-0.2, -0.15) is 0 Å². The van der Waals surface area contributed by atoms with E-state index < -0.39 is 11.9 Å². The van der Waals surface area contributed by atoms with Crippen LogP contribution in [0.2, 0.25) is 0 Å². The van der Waals surface area contributed by atoms with E-state index in [1.807, 2.05) is 0 Å². The van der Waals surface area contributed by atoms with Crippen molar-refractivity contribution in [1.29, 1.82) is 0 Å². The molecule has 8 heteroatoms. The Balaban J connectivity index is -0.0000000692. The van der Waals surface area contributed by atoms with Crippen molar-refractivity contribution < 1.29 is 83.7 Å². The fraction of sp³-hybridized carbons (Fsp3) is 0.786. The van der Waals surface area contributed by atoms with Crippen molar-refractivity contribution in [2.75, 3.05) is 0 Å². The van der Waals surface area contributed by atoms with Crippen molar-refractivity contribution in [3.05, 3.63) is 0 Å². The van der Waals surface area contributed by atoms with Crippen molar-refractivity contribution in [1.82, 2.24) is 0 Å². The maximum Gasteiger partial charge on any atom is 1.00 e. The van der Waals surface area contributed by atoms with Gasteiger partial charge >= 0.3 is 59.1 Å². The minimum absolute atomic E-state index is 0. The molecule has 0 aromatic rings. The number of hydrogen-bond acceptors (Lipinski definition) is 5. The quantitative estimate of drug-likeness (QED) is 0.349. The molecule has 0 aliphatic carbocycles. The van der Waals surface area contributed by atoms with E-state index in [-0.39, 0.29) is 77.9 Å². The van der Waals surface area contributed by atoms with Gasteiger partial charge in [-0.1, -0.05) is 46.5 Å². The van der Waals surface area contributed by atoms with E-state index >= 15 is 0 Å². The Morgan fingerprint density at radius 1 is 0.773 bits per heavy atom. The van der Waals surface area contributed by atoms with Crippen molar-refractivity contribution in [2.45, 2.75) is 72.1 Å². The van der Waals surface area contributed by atoms with E-state index in [0.29, 0.717) is 6.42 Å². The molecule has 0 fully saturated rings. The molecule has 120 valence electrons. The molecular weight excluding hydrogens is 308 g/mol. The SMILES string of the molecule is CCC(=O)[O-].CCC(=O)[O-].CCCCCCCC(N)=O.[Na+].[Na+]. The second kappa shape index (κ2) is 29.4. The zero-order valence-corrected chi connectivity index (χ0v) is 18.8. The normalized spacial score (nSPS) is 7.77. The van der Waals surface area contributed by atoms with Crippen molar-refractivity contribution in [3.63, 3.8) is 0 Å². The van der Waals surface area contributed by atoms with E-state index in [1.54, 1.807) is 0 Å². The van der Waals surface area contributed by atoms with Crippen LogP contribution in [0.4, 0.5) is 0 Å². The van der Waals surface area contributed by atoms with Crippen LogP contribution in [0.3, 0.4) is 0 Å². The number of primary amides is 1. The summed E-state index contributed by atoms with van der Waals surface area (Å²) >= 11 is 0. The number of carbonyl (C=O) groups is 3. The van der Waals surface area contributed by atoms with Gasteiger partial charge in [0, 0.05) is 18.4 Å². The van der Waals surface area contributed by atoms with Gasteiger partial charge in [0.2, 0.25) is 5.91 Å². The second-order valence-corrected chi connectivity index (χ2v) is 4.08. The zero-order valence-electron chi connectivity index (χ0n) is 14.8. The van der Waals surface area contributed by atoms with Crippen LogP contribution in [0.15, 0.2) is 0 Å². The molecular formula is C14H27NNa2O5. The standard InChI is InChI=1S/C8H17NO.2C3H6O2.2Na/c1-2-3-4-5-6-7-8(9)10;2*1-2-3(4)5;;/h2-7H2,1H3,(H2,9,10);2*2H2,1H3,(H,4,5);;/q;;;2*+1/p-2. The topological polar surface area (TPSA) is 123 Å². The van der Waals surface area contributed by atoms with E-state index in [2.05, 4.69) is 6.92 Å². The Hall–Kier alpha value is 0.410. The number of carboxylic acid groups (broad SMARTS) is 2. The first-order valence-electron chi connectivity index (χ1n) is 6.99. The zero-order chi connectivity index (χ0) is 16.4. The van der Waals surface area contributed by atoms with E-state index in [1.165, 1.54) is 33.1 Å². The molecule has 0 spiro atoms. The summed E-state index contributed by atoms with van der Waals surface area (Å²) in [6, 6.07) is 0. The molecule has 0 radical (unpaired) electrons. The summed E-state index contributed by atoms with van der Waals surface area (Å²) in [7, 11) is 0. The molecule has 0 bridgehead atoms. The largest absolute Gasteiger partial charge is 1.00 e. The molecule has 0 aliphatic rings. The van der Waals surface area contributed by atoms with E-state index in [4.69, 9.17) is 5.73 Å². The van der Waals surface area contributed by atoms with Crippen LogP contribution >= 0.6 is 0 Å². The van der Waals surface area contributed by atoms with E-state index in [0.717, 1.165) is 12.8 Å². The molecule has 0 aromatic heterocycles. The monoisotopic (exact) mass is 335 g/mol. The smallest absolute Gasteiger partial charge is 0.550 e. The Labute approximate surface area is 178 Å². The summed E-state index contributed by atoms with van der Waals surface area (Å²) in [5.74, 6) is -2.16. The molecule has 1 amide bonds. The summed E-state index contributed by atoms with van der Waals surface area (Å²) in [5, 5.41) is 18.5. The molecule has 2 N–H and O–H groups in total. The fourth-order valence-electron chi connectivity index (χ4n) is 0.903. The van der Waals surface area contributed by atoms with Crippen molar-refractivity contribution in [2.24, 2.45) is 5.73 Å². The number of carboxylic acids is 2. The number of carbonyl (C=O) groups excluding carboxylic acids is 3. The molecule has 0 saturated carbocycles. The Kier molecular flexibility index (Phi) is 45.3. The van der Waals surface area contributed by atoms with Crippen LogP contribution in [0.25, 0.3) is 0 Å². The third-order valence-corrected chi connectivity index (χ3v) is 2.10. The molecule has 0 rings (SSSR count). The summed E-state index contributed by atoms with van der Waals surface area (Å²) in [5.41, 5.74) is 4.97. The van der Waals surface area contributed by atoms with Crippen LogP contribution in [-0.4, -0.2) is 17.8 Å². The molecule has 22 heavy (non-hydrogen) atoms. The average molecular weight is 335 g/mol. The van der Waals surface area contributed by atoms with Gasteiger partial charge in [-0.15, -0.1) is 0 Å². The first kappa shape index (κ1) is 33.9. The number of aliphatic carboxylic acids is 2. The Morgan fingerprint density at radius 2 is 1.09 bits per heavy atom. The molecule has 6 nitrogen and oxygen atoms in total. The van der Waals surface area contributed by atoms with Gasteiger partial charge < -0.3 is 25.5 Å². The molecule has 0 unspecified atom stereocenters. The van der Waals surface area contributed by atoms with Crippen LogP contribution in [0.5, 0.6) is 0 Å². The van der Waals surface area contributed by atoms with Gasteiger partial charge in [0.25, 0.3) is 0 Å². The number of hydrogen-bond donors (Lipinski definition) is 1. The van der Waals surface area contributed by atoms with Crippen LogP contribution in [0, 0.1) is 0 Å². The van der Waals surface area contributed by atoms with Gasteiger partial charge in [0.15, 0.2) is 0 Å². The number of rotatable bonds is 8. The predicted molar refractivity (Wildman–Crippen MR) is 73.2 cm³/mol. The third-order valence-electron chi connectivity index (χ3n) is 2.10. The average Bonchev–Trinajstić information content (AvgIpc) is 2.39. The number of nitrogens with two attached hydrogens (primary N) is 1. The molecule has 0 aliphatic heterocycles. The summed E-state index contributed by atoms with van der Waals surface area (Å²) < 4.78 is 0. The third kappa shape index (κ3) is 59.1. The van der Waals surface area contributed by atoms with Gasteiger partial charge in [-0.05, 0) is 19.3 Å². The first-order chi connectivity index (χ1) is 9.31. The first-order valence-corrected chi connectivity index (χ1v) is 6.99. The summed E-state index contributed by atoms with van der Waals surface area (Å²) in [6.07, 6.45) is 6.66. The van der Waals surface area contributed by atoms with Crippen LogP contribution in [0.1, 0.15) is 72.1 Å². The van der Waals surface area contributed by atoms with Crippen molar-refractivity contribution in [3.8, 4) is 0 Å². The Bertz CT molecular complexity index is 250. The van der Waals surface area contributed by atoms with Gasteiger partial charge in [0.1, 0.15) is 0 Å². The summed E-state index contributed by atoms with van der Waals surface area (Å²) in [6.45, 7) is 5.25. The maximum atomic E-state index is 10.3. The van der Waals surface area contributed by atoms with E-state index in [9.17, 15) is 24.6 Å². The fourth-order valence-corrected chi connectivity index (χ4v) is 0.903. The summed E-state index contributed by atoms with van der Waals surface area (Å²) in [4.78, 5) is 28.8. The molecule has 0 atom stereocenters. The van der Waals surface area contributed by atoms with Gasteiger partial charge in [-0.25, -0.2) is 0 Å². The molecule has 0 saturated heterocycles. The minimum Gasteiger partial charge on any atom is -0.550 e. The number of amides is 1. The Morgan fingerprint density at radius 3 is 1.32 bits per heavy atom. The molecule has 0 heterocycles. The predicted octanol–water partition coefficient (Wildman–Crippen LogP) is -5.87. The number of unbranched alkanes of at least 4 members (excludes halogenated alkanes) is 4. The minimum atomic E-state index is -0.995. The van der Waals surface area contributed by atoms with Crippen molar-refractivity contribution >= 4 is 17.8 Å². The van der Waals surface area contributed by atoms with Crippen LogP contribution in [-0.2, 0) is 14.4 Å². The van der Waals surface area contributed by atoms with Gasteiger partial charge in [0.05, 0.1) is 0 Å². The molecule has 0 aromatic carbocycles.